The number of piperidine rings is 1. The van der Waals surface area contributed by atoms with E-state index in [2.05, 4.69) is 21.8 Å². The van der Waals surface area contributed by atoms with Crippen molar-refractivity contribution in [3.05, 3.63) is 11.9 Å². The van der Waals surface area contributed by atoms with Crippen LogP contribution in [0.1, 0.15) is 51.0 Å². The predicted molar refractivity (Wildman–Crippen MR) is 78.1 cm³/mol. The molecular weight excluding hydrogens is 236 g/mol. The molecule has 104 valence electrons. The number of anilines is 2. The Morgan fingerprint density at radius 3 is 2.84 bits per heavy atom. The van der Waals surface area contributed by atoms with Gasteiger partial charge in [0.15, 0.2) is 0 Å². The average Bonchev–Trinajstić information content (AvgIpc) is 2.46. The highest BCUT2D eigenvalue weighted by Gasteiger charge is 2.34. The normalized spacial score (nSPS) is 27.1. The largest absolute Gasteiger partial charge is 0.383 e. The molecule has 2 aliphatic rings. The summed E-state index contributed by atoms with van der Waals surface area (Å²) < 4.78 is 0. The molecule has 2 atom stereocenters. The molecule has 3 rings (SSSR count). The summed E-state index contributed by atoms with van der Waals surface area (Å²) in [4.78, 5) is 11.2. The van der Waals surface area contributed by atoms with Gasteiger partial charge >= 0.3 is 0 Å². The van der Waals surface area contributed by atoms with Crippen LogP contribution < -0.4 is 10.6 Å². The quantitative estimate of drug-likeness (QED) is 0.888. The summed E-state index contributed by atoms with van der Waals surface area (Å²) in [5.74, 6) is 2.63. The Labute approximate surface area is 115 Å². The van der Waals surface area contributed by atoms with Crippen LogP contribution in [-0.2, 0) is 6.42 Å². The van der Waals surface area contributed by atoms with Crippen molar-refractivity contribution >= 4 is 11.6 Å². The van der Waals surface area contributed by atoms with Crippen molar-refractivity contribution in [2.75, 3.05) is 17.2 Å². The van der Waals surface area contributed by atoms with E-state index in [1.807, 2.05) is 0 Å². The van der Waals surface area contributed by atoms with Crippen molar-refractivity contribution in [1.29, 1.82) is 0 Å². The lowest BCUT2D eigenvalue weighted by molar-refractivity contribution is 0.242. The summed E-state index contributed by atoms with van der Waals surface area (Å²) in [5.41, 5.74) is 7.16. The molecular formula is C15H24N4. The monoisotopic (exact) mass is 260 g/mol. The van der Waals surface area contributed by atoms with Gasteiger partial charge in [0.2, 0.25) is 0 Å². The first kappa shape index (κ1) is 12.7. The Bertz CT molecular complexity index is 444. The van der Waals surface area contributed by atoms with Gasteiger partial charge in [-0.15, -0.1) is 0 Å². The molecule has 2 unspecified atom stereocenters. The molecule has 2 heterocycles. The molecule has 1 saturated heterocycles. The second-order valence-electron chi connectivity index (χ2n) is 5.86. The SMILES string of the molecule is CCc1c(N)ncnc1N1CCCC2CCCCC21. The van der Waals surface area contributed by atoms with E-state index in [0.717, 1.165) is 30.3 Å². The predicted octanol–water partition coefficient (Wildman–Crippen LogP) is 2.78. The second-order valence-corrected chi connectivity index (χ2v) is 5.86. The minimum Gasteiger partial charge on any atom is -0.383 e. The van der Waals surface area contributed by atoms with Crippen LogP contribution >= 0.6 is 0 Å². The van der Waals surface area contributed by atoms with Gasteiger partial charge in [-0.2, -0.15) is 0 Å². The molecule has 0 radical (unpaired) electrons. The van der Waals surface area contributed by atoms with Gasteiger partial charge in [-0.25, -0.2) is 9.97 Å². The van der Waals surface area contributed by atoms with Gasteiger partial charge in [0.05, 0.1) is 0 Å². The van der Waals surface area contributed by atoms with E-state index >= 15 is 0 Å². The number of fused-ring (bicyclic) bond motifs is 1. The first-order valence-electron chi connectivity index (χ1n) is 7.67. The van der Waals surface area contributed by atoms with Crippen molar-refractivity contribution in [3.63, 3.8) is 0 Å². The van der Waals surface area contributed by atoms with Crippen LogP contribution in [0.5, 0.6) is 0 Å². The summed E-state index contributed by atoms with van der Waals surface area (Å²) >= 11 is 0. The number of aromatic nitrogens is 2. The van der Waals surface area contributed by atoms with Crippen molar-refractivity contribution < 1.29 is 0 Å². The minimum absolute atomic E-state index is 0.658. The summed E-state index contributed by atoms with van der Waals surface area (Å²) in [6, 6.07) is 0.683. The fourth-order valence-corrected chi connectivity index (χ4v) is 3.89. The van der Waals surface area contributed by atoms with E-state index in [1.165, 1.54) is 38.5 Å². The van der Waals surface area contributed by atoms with Crippen LogP contribution in [-0.4, -0.2) is 22.6 Å². The first-order chi connectivity index (χ1) is 9.31. The molecule has 1 aliphatic heterocycles. The zero-order valence-corrected chi connectivity index (χ0v) is 11.8. The second kappa shape index (κ2) is 5.35. The molecule has 2 fully saturated rings. The van der Waals surface area contributed by atoms with Crippen molar-refractivity contribution in [2.45, 2.75) is 57.9 Å². The molecule has 0 aromatic carbocycles. The Morgan fingerprint density at radius 1 is 1.21 bits per heavy atom. The molecule has 4 nitrogen and oxygen atoms in total. The van der Waals surface area contributed by atoms with Crippen molar-refractivity contribution in [1.82, 2.24) is 9.97 Å². The number of hydrogen-bond donors (Lipinski definition) is 1. The maximum atomic E-state index is 6.03. The van der Waals surface area contributed by atoms with Crippen LogP contribution in [0.25, 0.3) is 0 Å². The average molecular weight is 260 g/mol. The lowest BCUT2D eigenvalue weighted by Crippen LogP contribution is -2.47. The smallest absolute Gasteiger partial charge is 0.137 e. The van der Waals surface area contributed by atoms with E-state index in [9.17, 15) is 0 Å². The molecule has 1 aliphatic carbocycles. The Hall–Kier alpha value is -1.32. The first-order valence-corrected chi connectivity index (χ1v) is 7.67. The Morgan fingerprint density at radius 2 is 2.00 bits per heavy atom. The molecule has 0 bridgehead atoms. The zero-order chi connectivity index (χ0) is 13.2. The topological polar surface area (TPSA) is 55.0 Å². The van der Waals surface area contributed by atoms with E-state index in [0.29, 0.717) is 11.9 Å². The van der Waals surface area contributed by atoms with Gasteiger partial charge in [-0.05, 0) is 38.0 Å². The minimum atomic E-state index is 0.658. The molecule has 1 aromatic rings. The third-order valence-corrected chi connectivity index (χ3v) is 4.82. The number of nitrogen functional groups attached to an aromatic ring is 1. The molecule has 0 spiro atoms. The van der Waals surface area contributed by atoms with Gasteiger partial charge in [0.1, 0.15) is 18.0 Å². The summed E-state index contributed by atoms with van der Waals surface area (Å²) in [6.45, 7) is 3.27. The van der Waals surface area contributed by atoms with Gasteiger partial charge in [-0.1, -0.05) is 19.8 Å². The third kappa shape index (κ3) is 2.28. The maximum absolute atomic E-state index is 6.03. The number of rotatable bonds is 2. The van der Waals surface area contributed by atoms with Crippen LogP contribution in [0, 0.1) is 5.92 Å². The summed E-state index contributed by atoms with van der Waals surface area (Å²) in [7, 11) is 0. The summed E-state index contributed by atoms with van der Waals surface area (Å²) in [5, 5.41) is 0. The highest BCUT2D eigenvalue weighted by atomic mass is 15.2. The van der Waals surface area contributed by atoms with E-state index in [1.54, 1.807) is 6.33 Å². The molecule has 1 saturated carbocycles. The van der Waals surface area contributed by atoms with E-state index in [-0.39, 0.29) is 0 Å². The molecule has 4 heteroatoms. The van der Waals surface area contributed by atoms with Gasteiger partial charge in [-0.3, -0.25) is 0 Å². The van der Waals surface area contributed by atoms with Gasteiger partial charge in [0.25, 0.3) is 0 Å². The lowest BCUT2D eigenvalue weighted by Gasteiger charge is -2.45. The maximum Gasteiger partial charge on any atom is 0.137 e. The van der Waals surface area contributed by atoms with Crippen LogP contribution in [0.4, 0.5) is 11.6 Å². The van der Waals surface area contributed by atoms with Crippen LogP contribution in [0.15, 0.2) is 6.33 Å². The molecule has 2 N–H and O–H groups in total. The summed E-state index contributed by atoms with van der Waals surface area (Å²) in [6.07, 6.45) is 10.7. The number of nitrogens with zero attached hydrogens (tertiary/aromatic N) is 3. The standard InChI is InChI=1S/C15H24N4/c1-2-12-14(16)17-10-18-15(12)19-9-5-7-11-6-3-4-8-13(11)19/h10-11,13H,2-9H2,1H3,(H2,16,17,18). The Balaban J connectivity index is 1.94. The van der Waals surface area contributed by atoms with E-state index in [4.69, 9.17) is 5.73 Å². The van der Waals surface area contributed by atoms with Crippen molar-refractivity contribution in [2.24, 2.45) is 5.92 Å². The van der Waals surface area contributed by atoms with E-state index < -0.39 is 0 Å². The number of nitrogens with two attached hydrogens (primary N) is 1. The van der Waals surface area contributed by atoms with Crippen LogP contribution in [0.3, 0.4) is 0 Å². The number of hydrogen-bond acceptors (Lipinski definition) is 4. The van der Waals surface area contributed by atoms with Crippen LogP contribution in [0.2, 0.25) is 0 Å². The Kier molecular flexibility index (Phi) is 3.58. The van der Waals surface area contributed by atoms with Gasteiger partial charge in [0, 0.05) is 18.2 Å². The molecule has 1 aromatic heterocycles. The molecule has 0 amide bonds. The fourth-order valence-electron chi connectivity index (χ4n) is 3.89. The third-order valence-electron chi connectivity index (χ3n) is 4.82. The highest BCUT2D eigenvalue weighted by molar-refractivity contribution is 5.57. The zero-order valence-electron chi connectivity index (χ0n) is 11.8. The molecule has 19 heavy (non-hydrogen) atoms. The van der Waals surface area contributed by atoms with Gasteiger partial charge < -0.3 is 10.6 Å². The van der Waals surface area contributed by atoms with Crippen molar-refractivity contribution in [3.8, 4) is 0 Å². The fraction of sp³-hybridized carbons (Fsp3) is 0.733. The highest BCUT2D eigenvalue weighted by Crippen LogP contribution is 2.38. The lowest BCUT2D eigenvalue weighted by atomic mass is 9.78.